The maximum Gasteiger partial charge on any atom is 0.309 e. The van der Waals surface area contributed by atoms with Crippen molar-refractivity contribution in [1.29, 1.82) is 0 Å². The number of amides is 1. The summed E-state index contributed by atoms with van der Waals surface area (Å²) in [6, 6.07) is 13.7. The highest BCUT2D eigenvalue weighted by atomic mass is 16.5. The summed E-state index contributed by atoms with van der Waals surface area (Å²) in [4.78, 5) is 29.4. The van der Waals surface area contributed by atoms with E-state index >= 15 is 0 Å². The molecule has 1 amide bonds. The third kappa shape index (κ3) is 4.76. The van der Waals surface area contributed by atoms with Crippen LogP contribution in [0.4, 0.5) is 0 Å². The average Bonchev–Trinajstić information content (AvgIpc) is 3.43. The second-order valence-electron chi connectivity index (χ2n) is 9.31. The zero-order valence-electron chi connectivity index (χ0n) is 19.8. The van der Waals surface area contributed by atoms with Gasteiger partial charge in [0.15, 0.2) is 0 Å². The number of fused-ring (bicyclic) bond motifs is 1. The van der Waals surface area contributed by atoms with E-state index in [0.717, 1.165) is 42.6 Å². The van der Waals surface area contributed by atoms with Gasteiger partial charge in [-0.3, -0.25) is 14.5 Å². The molecule has 33 heavy (non-hydrogen) atoms. The Morgan fingerprint density at radius 2 is 1.79 bits per heavy atom. The fourth-order valence-electron chi connectivity index (χ4n) is 5.51. The van der Waals surface area contributed by atoms with Gasteiger partial charge in [0.1, 0.15) is 5.75 Å². The number of aryl methyl sites for hydroxylation is 2. The molecule has 0 bridgehead atoms. The number of carboxylic acid groups (broad SMARTS) is 1. The van der Waals surface area contributed by atoms with Gasteiger partial charge in [0.2, 0.25) is 5.91 Å². The lowest BCUT2D eigenvalue weighted by molar-refractivity contribution is -0.143. The summed E-state index contributed by atoms with van der Waals surface area (Å²) in [6.45, 7) is 3.48. The number of benzene rings is 2. The van der Waals surface area contributed by atoms with Crippen molar-refractivity contribution < 1.29 is 19.4 Å². The van der Waals surface area contributed by atoms with Crippen LogP contribution < -0.4 is 4.74 Å². The summed E-state index contributed by atoms with van der Waals surface area (Å²) in [6.07, 6.45) is 4.20. The van der Waals surface area contributed by atoms with E-state index in [2.05, 4.69) is 23.1 Å². The molecule has 1 unspecified atom stereocenters. The zero-order chi connectivity index (χ0) is 23.5. The van der Waals surface area contributed by atoms with Gasteiger partial charge in [-0.05, 0) is 60.1 Å². The van der Waals surface area contributed by atoms with E-state index in [0.29, 0.717) is 13.1 Å². The first kappa shape index (κ1) is 23.3. The van der Waals surface area contributed by atoms with Crippen LogP contribution >= 0.6 is 0 Å². The van der Waals surface area contributed by atoms with Crippen molar-refractivity contribution >= 4 is 11.9 Å². The number of nitrogens with zero attached hydrogens (tertiary/aromatic N) is 2. The lowest BCUT2D eigenvalue weighted by Gasteiger charge is -2.28. The van der Waals surface area contributed by atoms with Crippen molar-refractivity contribution in [3.63, 3.8) is 0 Å². The quantitative estimate of drug-likeness (QED) is 0.661. The lowest BCUT2D eigenvalue weighted by Crippen LogP contribution is -2.39. The fraction of sp³-hybridized carbons (Fsp3) is 0.481. The third-order valence-corrected chi connectivity index (χ3v) is 7.21. The smallest absolute Gasteiger partial charge is 0.309 e. The van der Waals surface area contributed by atoms with Crippen LogP contribution in [0.1, 0.15) is 54.0 Å². The molecule has 1 aliphatic heterocycles. The molecule has 4 rings (SSSR count). The molecule has 2 aromatic carbocycles. The van der Waals surface area contributed by atoms with Crippen molar-refractivity contribution in [2.24, 2.45) is 5.92 Å². The first-order chi connectivity index (χ1) is 15.9. The maximum atomic E-state index is 13.0. The molecule has 3 atom stereocenters. The van der Waals surface area contributed by atoms with E-state index in [1.165, 1.54) is 11.1 Å². The second kappa shape index (κ2) is 9.96. The Morgan fingerprint density at radius 3 is 2.45 bits per heavy atom. The molecule has 1 N–H and O–H groups in total. The van der Waals surface area contributed by atoms with Crippen molar-refractivity contribution in [2.45, 2.75) is 44.6 Å². The molecular weight excluding hydrogens is 416 g/mol. The van der Waals surface area contributed by atoms with E-state index in [-0.39, 0.29) is 24.4 Å². The molecule has 0 radical (unpaired) electrons. The second-order valence-corrected chi connectivity index (χ2v) is 9.31. The molecule has 0 aromatic heterocycles. The molecule has 1 fully saturated rings. The summed E-state index contributed by atoms with van der Waals surface area (Å²) in [7, 11) is 3.43. The van der Waals surface area contributed by atoms with Gasteiger partial charge >= 0.3 is 5.97 Å². The molecular formula is C27H34N2O4. The molecule has 0 spiro atoms. The largest absolute Gasteiger partial charge is 0.497 e. The Hall–Kier alpha value is -2.86. The number of rotatable bonds is 8. The summed E-state index contributed by atoms with van der Waals surface area (Å²) in [5.41, 5.74) is 4.69. The van der Waals surface area contributed by atoms with Gasteiger partial charge in [-0.25, -0.2) is 0 Å². The van der Waals surface area contributed by atoms with Crippen molar-refractivity contribution in [2.75, 3.05) is 33.8 Å². The van der Waals surface area contributed by atoms with Crippen LogP contribution in [0.3, 0.4) is 0 Å². The number of hydrogen-bond acceptors (Lipinski definition) is 4. The Kier molecular flexibility index (Phi) is 7.03. The molecule has 1 aliphatic carbocycles. The van der Waals surface area contributed by atoms with Crippen molar-refractivity contribution in [3.05, 3.63) is 64.7 Å². The van der Waals surface area contributed by atoms with Crippen LogP contribution in [0.15, 0.2) is 42.5 Å². The predicted octanol–water partition coefficient (Wildman–Crippen LogP) is 3.89. The molecule has 6 nitrogen and oxygen atoms in total. The number of hydrogen-bond donors (Lipinski definition) is 1. The number of carboxylic acids is 1. The molecule has 6 heteroatoms. The average molecular weight is 451 g/mol. The predicted molar refractivity (Wildman–Crippen MR) is 128 cm³/mol. The van der Waals surface area contributed by atoms with E-state index in [1.54, 1.807) is 12.0 Å². The SMILES string of the molecule is CCCN(C)C(=O)CN1CC(c2ccc3c(c2)CCC3)[C@H](C(=O)O)[C@H]1c1ccc(OC)cc1. The summed E-state index contributed by atoms with van der Waals surface area (Å²) in [5.74, 6) is -0.886. The van der Waals surface area contributed by atoms with E-state index in [4.69, 9.17) is 4.74 Å². The number of likely N-dealkylation sites (tertiary alicyclic amines) is 1. The maximum absolute atomic E-state index is 13.0. The monoisotopic (exact) mass is 450 g/mol. The van der Waals surface area contributed by atoms with Gasteiger partial charge in [-0.15, -0.1) is 0 Å². The molecule has 1 saturated heterocycles. The van der Waals surface area contributed by atoms with Crippen LogP contribution in [0, 0.1) is 5.92 Å². The number of methoxy groups -OCH3 is 1. The van der Waals surface area contributed by atoms with E-state index in [1.807, 2.05) is 38.2 Å². The normalized spacial score (nSPS) is 22.2. The third-order valence-electron chi connectivity index (χ3n) is 7.21. The number of carbonyl (C=O) groups excluding carboxylic acids is 1. The van der Waals surface area contributed by atoms with Crippen LogP contribution in [0.25, 0.3) is 0 Å². The number of carbonyl (C=O) groups is 2. The highest BCUT2D eigenvalue weighted by molar-refractivity contribution is 5.79. The first-order valence-corrected chi connectivity index (χ1v) is 11.9. The minimum absolute atomic E-state index is 0.0223. The van der Waals surface area contributed by atoms with Crippen molar-refractivity contribution in [1.82, 2.24) is 9.80 Å². The van der Waals surface area contributed by atoms with E-state index in [9.17, 15) is 14.7 Å². The molecule has 0 saturated carbocycles. The number of likely N-dealkylation sites (N-methyl/N-ethyl adjacent to an activating group) is 1. The van der Waals surface area contributed by atoms with Crippen LogP contribution in [0.2, 0.25) is 0 Å². The lowest BCUT2D eigenvalue weighted by atomic mass is 9.82. The number of ether oxygens (including phenoxy) is 1. The highest BCUT2D eigenvalue weighted by Gasteiger charge is 2.48. The molecule has 1 heterocycles. The Labute approximate surface area is 196 Å². The standard InChI is InChI=1S/C27H34N2O4/c1-4-14-28(2)24(30)17-29-16-23(21-9-8-18-6-5-7-20(18)15-21)25(27(31)32)26(29)19-10-12-22(33-3)13-11-19/h8-13,15,23,25-26H,4-7,14,16-17H2,1-3H3,(H,31,32)/t23?,25-,26+/m0/s1. The van der Waals surface area contributed by atoms with Gasteiger partial charge in [-0.1, -0.05) is 37.3 Å². The first-order valence-electron chi connectivity index (χ1n) is 11.9. The van der Waals surface area contributed by atoms with Gasteiger partial charge in [0.25, 0.3) is 0 Å². The van der Waals surface area contributed by atoms with Gasteiger partial charge in [0, 0.05) is 32.1 Å². The van der Waals surface area contributed by atoms with Gasteiger partial charge in [0.05, 0.1) is 19.6 Å². The van der Waals surface area contributed by atoms with Gasteiger partial charge < -0.3 is 14.7 Å². The minimum Gasteiger partial charge on any atom is -0.497 e. The number of aliphatic carboxylic acids is 1. The Bertz CT molecular complexity index is 1000. The summed E-state index contributed by atoms with van der Waals surface area (Å²) < 4.78 is 5.30. The van der Waals surface area contributed by atoms with Gasteiger partial charge in [-0.2, -0.15) is 0 Å². The fourth-order valence-corrected chi connectivity index (χ4v) is 5.51. The van der Waals surface area contributed by atoms with Crippen molar-refractivity contribution in [3.8, 4) is 5.75 Å². The zero-order valence-corrected chi connectivity index (χ0v) is 19.8. The van der Waals surface area contributed by atoms with Crippen LogP contribution in [-0.4, -0.2) is 60.6 Å². The Balaban J connectivity index is 1.71. The minimum atomic E-state index is -0.821. The Morgan fingerprint density at radius 1 is 1.09 bits per heavy atom. The highest BCUT2D eigenvalue weighted by Crippen LogP contribution is 2.46. The summed E-state index contributed by atoms with van der Waals surface area (Å²) >= 11 is 0. The van der Waals surface area contributed by atoms with Crippen LogP contribution in [0.5, 0.6) is 5.75 Å². The molecule has 176 valence electrons. The summed E-state index contributed by atoms with van der Waals surface area (Å²) in [5, 5.41) is 10.4. The molecule has 2 aliphatic rings. The van der Waals surface area contributed by atoms with Crippen LogP contribution in [-0.2, 0) is 22.4 Å². The molecule has 2 aromatic rings. The topological polar surface area (TPSA) is 70.1 Å². The van der Waals surface area contributed by atoms with E-state index < -0.39 is 11.9 Å².